The molecule has 0 unspecified atom stereocenters. The zero-order valence-corrected chi connectivity index (χ0v) is 22.0. The SMILES string of the molecule is N#Cc1ccccc1COc1ccc2ccccc2c1/C=C1/SC(=O)N(CC(=O)Nc2ccccc2Cl)C1=O. The van der Waals surface area contributed by atoms with Crippen molar-refractivity contribution in [3.8, 4) is 11.8 Å². The Kier molecular flexibility index (Phi) is 7.64. The molecular formula is C30H20ClN3O4S. The summed E-state index contributed by atoms with van der Waals surface area (Å²) >= 11 is 6.86. The van der Waals surface area contributed by atoms with Crippen molar-refractivity contribution in [3.63, 3.8) is 0 Å². The average molecular weight is 554 g/mol. The molecule has 1 aliphatic heterocycles. The van der Waals surface area contributed by atoms with Crippen molar-refractivity contribution in [2.24, 2.45) is 0 Å². The van der Waals surface area contributed by atoms with Gasteiger partial charge in [0.15, 0.2) is 0 Å². The van der Waals surface area contributed by atoms with E-state index in [1.54, 1.807) is 48.5 Å². The van der Waals surface area contributed by atoms with E-state index < -0.39 is 23.6 Å². The molecule has 5 rings (SSSR count). The lowest BCUT2D eigenvalue weighted by atomic mass is 10.0. The number of nitrogens with zero attached hydrogens (tertiary/aromatic N) is 2. The van der Waals surface area contributed by atoms with Crippen LogP contribution >= 0.6 is 23.4 Å². The van der Waals surface area contributed by atoms with E-state index in [1.807, 2.05) is 42.5 Å². The minimum Gasteiger partial charge on any atom is -0.488 e. The van der Waals surface area contributed by atoms with Crippen molar-refractivity contribution in [3.05, 3.63) is 112 Å². The monoisotopic (exact) mass is 553 g/mol. The molecule has 3 amide bonds. The van der Waals surface area contributed by atoms with Gasteiger partial charge in [0.05, 0.1) is 27.2 Å². The van der Waals surface area contributed by atoms with Gasteiger partial charge in [0, 0.05) is 11.1 Å². The fraction of sp³-hybridized carbons (Fsp3) is 0.0667. The molecule has 1 aliphatic rings. The Bertz CT molecular complexity index is 1700. The van der Waals surface area contributed by atoms with E-state index in [-0.39, 0.29) is 11.5 Å². The number of para-hydroxylation sites is 1. The van der Waals surface area contributed by atoms with Gasteiger partial charge in [0.25, 0.3) is 11.1 Å². The van der Waals surface area contributed by atoms with Crippen LogP contribution in [0.1, 0.15) is 16.7 Å². The van der Waals surface area contributed by atoms with Crippen LogP contribution in [0.2, 0.25) is 5.02 Å². The van der Waals surface area contributed by atoms with Crippen molar-refractivity contribution in [2.45, 2.75) is 6.61 Å². The van der Waals surface area contributed by atoms with E-state index in [0.29, 0.717) is 27.6 Å². The molecule has 1 fully saturated rings. The predicted molar refractivity (Wildman–Crippen MR) is 152 cm³/mol. The van der Waals surface area contributed by atoms with Gasteiger partial charge in [0.1, 0.15) is 18.9 Å². The second kappa shape index (κ2) is 11.4. The van der Waals surface area contributed by atoms with E-state index in [0.717, 1.165) is 33.0 Å². The molecule has 9 heteroatoms. The fourth-order valence-electron chi connectivity index (χ4n) is 4.12. The highest BCUT2D eigenvalue weighted by Gasteiger charge is 2.36. The van der Waals surface area contributed by atoms with E-state index >= 15 is 0 Å². The molecule has 0 bridgehead atoms. The number of rotatable bonds is 7. The summed E-state index contributed by atoms with van der Waals surface area (Å²) in [6.07, 6.45) is 1.62. The summed E-state index contributed by atoms with van der Waals surface area (Å²) < 4.78 is 6.12. The summed E-state index contributed by atoms with van der Waals surface area (Å²) in [5, 5.41) is 13.6. The maximum absolute atomic E-state index is 13.2. The Hall–Kier alpha value is -4.58. The highest BCUT2D eigenvalue weighted by atomic mass is 35.5. The summed E-state index contributed by atoms with van der Waals surface area (Å²) in [7, 11) is 0. The molecule has 0 saturated carbocycles. The maximum atomic E-state index is 13.2. The van der Waals surface area contributed by atoms with E-state index in [4.69, 9.17) is 16.3 Å². The Morgan fingerprint density at radius 1 is 1.00 bits per heavy atom. The lowest BCUT2D eigenvalue weighted by molar-refractivity contribution is -0.127. The van der Waals surface area contributed by atoms with Crippen LogP contribution in [0.4, 0.5) is 10.5 Å². The van der Waals surface area contributed by atoms with E-state index in [1.165, 1.54) is 0 Å². The van der Waals surface area contributed by atoms with E-state index in [9.17, 15) is 19.6 Å². The van der Waals surface area contributed by atoms with Crippen LogP contribution in [-0.4, -0.2) is 28.5 Å². The molecule has 1 saturated heterocycles. The molecular weight excluding hydrogens is 534 g/mol. The number of halogens is 1. The van der Waals surface area contributed by atoms with Crippen LogP contribution in [0.5, 0.6) is 5.75 Å². The Labute approximate surface area is 233 Å². The van der Waals surface area contributed by atoms with Crippen molar-refractivity contribution in [1.82, 2.24) is 4.90 Å². The first kappa shape index (κ1) is 26.0. The summed E-state index contributed by atoms with van der Waals surface area (Å²) in [4.78, 5) is 39.6. The molecule has 39 heavy (non-hydrogen) atoms. The molecule has 0 atom stereocenters. The van der Waals surface area contributed by atoms with Gasteiger partial charge in [-0.1, -0.05) is 72.3 Å². The van der Waals surface area contributed by atoms with Crippen molar-refractivity contribution < 1.29 is 19.1 Å². The zero-order valence-electron chi connectivity index (χ0n) is 20.4. The third-order valence-electron chi connectivity index (χ3n) is 6.05. The number of hydrogen-bond donors (Lipinski definition) is 1. The Morgan fingerprint density at radius 2 is 1.74 bits per heavy atom. The molecule has 0 aromatic heterocycles. The highest BCUT2D eigenvalue weighted by molar-refractivity contribution is 8.18. The number of nitrogens with one attached hydrogen (secondary N) is 1. The summed E-state index contributed by atoms with van der Waals surface area (Å²) in [5.41, 5.74) is 2.25. The standard InChI is InChI=1S/C30H20ClN3O4S/c31-24-11-5-6-12-25(24)33-28(35)17-34-29(36)27(39-30(34)37)15-23-22-10-4-3-7-19(22)13-14-26(23)38-18-21-9-2-1-8-20(21)16-32/h1-15H,17-18H2,(H,33,35)/b27-15+. The fourth-order valence-corrected chi connectivity index (χ4v) is 5.13. The average Bonchev–Trinajstić information content (AvgIpc) is 3.21. The Balaban J connectivity index is 1.42. The number of thioether (sulfide) groups is 1. The molecule has 7 nitrogen and oxygen atoms in total. The van der Waals surface area contributed by atoms with Gasteiger partial charge in [-0.25, -0.2) is 0 Å². The van der Waals surface area contributed by atoms with Crippen molar-refractivity contribution in [2.75, 3.05) is 11.9 Å². The van der Waals surface area contributed by atoms with E-state index in [2.05, 4.69) is 11.4 Å². The van der Waals surface area contributed by atoms with Gasteiger partial charge < -0.3 is 10.1 Å². The van der Waals surface area contributed by atoms with Crippen molar-refractivity contribution >= 4 is 63.0 Å². The summed E-state index contributed by atoms with van der Waals surface area (Å²) in [5.74, 6) is -0.630. The topological polar surface area (TPSA) is 99.5 Å². The van der Waals surface area contributed by atoms with Gasteiger partial charge in [-0.05, 0) is 52.9 Å². The predicted octanol–water partition coefficient (Wildman–Crippen LogP) is 6.62. The summed E-state index contributed by atoms with van der Waals surface area (Å²) in [6, 6.07) is 27.3. The number of amides is 3. The number of carbonyl (C=O) groups is 3. The first-order chi connectivity index (χ1) is 18.9. The van der Waals surface area contributed by atoms with Gasteiger partial charge in [-0.2, -0.15) is 5.26 Å². The molecule has 1 N–H and O–H groups in total. The molecule has 0 spiro atoms. The second-order valence-electron chi connectivity index (χ2n) is 8.55. The van der Waals surface area contributed by atoms with Gasteiger partial charge in [-0.15, -0.1) is 0 Å². The molecule has 1 heterocycles. The van der Waals surface area contributed by atoms with Crippen LogP contribution in [0.25, 0.3) is 16.8 Å². The van der Waals surface area contributed by atoms with Crippen LogP contribution in [0.15, 0.2) is 89.8 Å². The van der Waals surface area contributed by atoms with Crippen molar-refractivity contribution in [1.29, 1.82) is 5.26 Å². The summed E-state index contributed by atoms with van der Waals surface area (Å²) in [6.45, 7) is -0.302. The minimum atomic E-state index is -0.576. The largest absolute Gasteiger partial charge is 0.488 e. The van der Waals surface area contributed by atoms with Crippen LogP contribution in [-0.2, 0) is 16.2 Å². The number of carbonyl (C=O) groups excluding carboxylic acids is 3. The molecule has 192 valence electrons. The smallest absolute Gasteiger partial charge is 0.294 e. The molecule has 4 aromatic rings. The lowest BCUT2D eigenvalue weighted by Crippen LogP contribution is -2.36. The number of anilines is 1. The third kappa shape index (κ3) is 5.65. The number of fused-ring (bicyclic) bond motifs is 1. The van der Waals surface area contributed by atoms with Crippen LogP contribution < -0.4 is 10.1 Å². The van der Waals surface area contributed by atoms with Crippen LogP contribution in [0.3, 0.4) is 0 Å². The first-order valence-corrected chi connectivity index (χ1v) is 13.1. The first-order valence-electron chi connectivity index (χ1n) is 11.9. The van der Waals surface area contributed by atoms with Gasteiger partial charge in [0.2, 0.25) is 5.91 Å². The quantitative estimate of drug-likeness (QED) is 0.258. The van der Waals surface area contributed by atoms with Crippen LogP contribution in [0, 0.1) is 11.3 Å². The Morgan fingerprint density at radius 3 is 2.56 bits per heavy atom. The number of imide groups is 1. The minimum absolute atomic E-state index is 0.145. The second-order valence-corrected chi connectivity index (χ2v) is 9.95. The lowest BCUT2D eigenvalue weighted by Gasteiger charge is -2.14. The van der Waals surface area contributed by atoms with Gasteiger partial charge in [-0.3, -0.25) is 19.3 Å². The molecule has 4 aromatic carbocycles. The number of nitriles is 1. The molecule has 0 radical (unpaired) electrons. The molecule has 0 aliphatic carbocycles. The normalized spacial score (nSPS) is 14.1. The maximum Gasteiger partial charge on any atom is 0.294 e. The highest BCUT2D eigenvalue weighted by Crippen LogP contribution is 2.37. The number of ether oxygens (including phenoxy) is 1. The number of benzene rings is 4. The third-order valence-corrected chi connectivity index (χ3v) is 7.29. The zero-order chi connectivity index (χ0) is 27.4. The number of hydrogen-bond acceptors (Lipinski definition) is 6. The van der Waals surface area contributed by atoms with Gasteiger partial charge >= 0.3 is 0 Å².